The van der Waals surface area contributed by atoms with Crippen LogP contribution in [0.2, 0.25) is 0 Å². The van der Waals surface area contributed by atoms with Crippen LogP contribution in [-0.4, -0.2) is 51.7 Å². The van der Waals surface area contributed by atoms with Gasteiger partial charge in [0.2, 0.25) is 5.91 Å². The molecule has 0 radical (unpaired) electrons. The van der Waals surface area contributed by atoms with Gasteiger partial charge in [-0.1, -0.05) is 36.4 Å². The fourth-order valence-electron chi connectivity index (χ4n) is 5.15. The molecule has 2 aromatic heterocycles. The van der Waals surface area contributed by atoms with Crippen LogP contribution in [0.5, 0.6) is 5.75 Å². The summed E-state index contributed by atoms with van der Waals surface area (Å²) in [5, 5.41) is 0.508. The Morgan fingerprint density at radius 1 is 0.884 bits per heavy atom. The molecule has 1 unspecified atom stereocenters. The van der Waals surface area contributed by atoms with E-state index in [1.165, 1.54) is 0 Å². The van der Waals surface area contributed by atoms with Crippen molar-refractivity contribution in [3.8, 4) is 22.6 Å². The van der Waals surface area contributed by atoms with Gasteiger partial charge in [0.15, 0.2) is 0 Å². The van der Waals surface area contributed by atoms with E-state index in [4.69, 9.17) is 14.5 Å². The zero-order valence-electron chi connectivity index (χ0n) is 24.8. The lowest BCUT2D eigenvalue weighted by Crippen LogP contribution is -2.40. The third kappa shape index (κ3) is 6.81. The Balaban J connectivity index is 1.51. The topological polar surface area (TPSA) is 86.5 Å². The highest BCUT2D eigenvalue weighted by molar-refractivity contribution is 5.80. The van der Waals surface area contributed by atoms with Crippen LogP contribution in [0.15, 0.2) is 102 Å². The van der Waals surface area contributed by atoms with Gasteiger partial charge in [-0.25, -0.2) is 4.98 Å². The van der Waals surface area contributed by atoms with E-state index in [-0.39, 0.29) is 17.9 Å². The van der Waals surface area contributed by atoms with E-state index in [0.29, 0.717) is 54.5 Å². The summed E-state index contributed by atoms with van der Waals surface area (Å²) in [6.45, 7) is 7.57. The van der Waals surface area contributed by atoms with Gasteiger partial charge in [-0.3, -0.25) is 19.1 Å². The first kappa shape index (κ1) is 29.7. The standard InChI is InChI=1S/C35H36N4O4/c1-4-42-23-22-38(33(40)24-26-10-12-27(13-11-26)28-18-20-36-21-19-28)25(3)34-37-32-9-7-6-8-31(32)35(41)39(34)29-14-16-30(17-15-29)43-5-2/h6-21,25H,4-5,22-24H2,1-3H3. The van der Waals surface area contributed by atoms with E-state index < -0.39 is 6.04 Å². The Morgan fingerprint density at radius 2 is 1.58 bits per heavy atom. The number of rotatable bonds is 12. The van der Waals surface area contributed by atoms with Crippen LogP contribution in [0.4, 0.5) is 0 Å². The van der Waals surface area contributed by atoms with Crippen LogP contribution >= 0.6 is 0 Å². The van der Waals surface area contributed by atoms with Crippen LogP contribution in [-0.2, 0) is 16.0 Å². The second-order valence-electron chi connectivity index (χ2n) is 10.1. The molecule has 5 aromatic rings. The third-order valence-corrected chi connectivity index (χ3v) is 7.37. The molecule has 8 heteroatoms. The quantitative estimate of drug-likeness (QED) is 0.169. The van der Waals surface area contributed by atoms with Gasteiger partial charge in [0.25, 0.3) is 5.56 Å². The van der Waals surface area contributed by atoms with E-state index >= 15 is 0 Å². The minimum absolute atomic E-state index is 0.0792. The lowest BCUT2D eigenvalue weighted by molar-refractivity contribution is -0.133. The van der Waals surface area contributed by atoms with Crippen molar-refractivity contribution in [2.75, 3.05) is 26.4 Å². The van der Waals surface area contributed by atoms with Gasteiger partial charge >= 0.3 is 0 Å². The maximum Gasteiger partial charge on any atom is 0.266 e. The molecule has 0 N–H and O–H groups in total. The number of para-hydroxylation sites is 1. The van der Waals surface area contributed by atoms with Crippen molar-refractivity contribution in [2.24, 2.45) is 0 Å². The molecule has 0 fully saturated rings. The average Bonchev–Trinajstić information content (AvgIpc) is 3.04. The molecule has 0 aliphatic carbocycles. The lowest BCUT2D eigenvalue weighted by atomic mass is 10.0. The highest BCUT2D eigenvalue weighted by atomic mass is 16.5. The minimum atomic E-state index is -0.520. The first-order chi connectivity index (χ1) is 21.0. The highest BCUT2D eigenvalue weighted by Gasteiger charge is 2.27. The Kier molecular flexibility index (Phi) is 9.59. The molecular weight excluding hydrogens is 540 g/mol. The summed E-state index contributed by atoms with van der Waals surface area (Å²) in [7, 11) is 0. The smallest absolute Gasteiger partial charge is 0.266 e. The molecule has 0 bridgehead atoms. The van der Waals surface area contributed by atoms with E-state index in [0.717, 1.165) is 16.7 Å². The molecular formula is C35H36N4O4. The first-order valence-corrected chi connectivity index (χ1v) is 14.6. The van der Waals surface area contributed by atoms with Crippen molar-refractivity contribution >= 4 is 16.8 Å². The largest absolute Gasteiger partial charge is 0.494 e. The van der Waals surface area contributed by atoms with Gasteiger partial charge in [0, 0.05) is 25.5 Å². The summed E-state index contributed by atoms with van der Waals surface area (Å²) in [6, 6.07) is 26.0. The maximum absolute atomic E-state index is 13.9. The second-order valence-corrected chi connectivity index (χ2v) is 10.1. The van der Waals surface area contributed by atoms with Crippen LogP contribution in [0.1, 0.15) is 38.2 Å². The number of nitrogens with zero attached hydrogens (tertiary/aromatic N) is 4. The lowest BCUT2D eigenvalue weighted by Gasteiger charge is -2.30. The van der Waals surface area contributed by atoms with E-state index in [1.54, 1.807) is 27.9 Å². The Hall–Kier alpha value is -4.82. The molecule has 43 heavy (non-hydrogen) atoms. The van der Waals surface area contributed by atoms with Crippen LogP contribution < -0.4 is 10.3 Å². The molecule has 1 amide bonds. The van der Waals surface area contributed by atoms with Gasteiger partial charge in [0.05, 0.1) is 42.3 Å². The monoisotopic (exact) mass is 576 g/mol. The Labute approximate surface area is 251 Å². The molecule has 0 aliphatic heterocycles. The van der Waals surface area contributed by atoms with Crippen molar-refractivity contribution in [3.63, 3.8) is 0 Å². The molecule has 0 saturated carbocycles. The maximum atomic E-state index is 13.9. The summed E-state index contributed by atoms with van der Waals surface area (Å²) < 4.78 is 12.9. The Bertz CT molecular complexity index is 1720. The molecule has 0 aliphatic rings. The number of pyridine rings is 1. The van der Waals surface area contributed by atoms with E-state index in [9.17, 15) is 9.59 Å². The van der Waals surface area contributed by atoms with Crippen LogP contribution in [0, 0.1) is 0 Å². The molecule has 0 spiro atoms. The number of ether oxygens (including phenoxy) is 2. The minimum Gasteiger partial charge on any atom is -0.494 e. The first-order valence-electron chi connectivity index (χ1n) is 14.6. The summed E-state index contributed by atoms with van der Waals surface area (Å²) in [4.78, 5) is 38.6. The molecule has 5 rings (SSSR count). The van der Waals surface area contributed by atoms with Crippen molar-refractivity contribution in [3.05, 3.63) is 119 Å². The van der Waals surface area contributed by atoms with Gasteiger partial charge in [0.1, 0.15) is 11.6 Å². The van der Waals surface area contributed by atoms with E-state index in [2.05, 4.69) is 4.98 Å². The average molecular weight is 577 g/mol. The number of carbonyl (C=O) groups excluding carboxylic acids is 1. The Morgan fingerprint density at radius 3 is 2.28 bits per heavy atom. The highest BCUT2D eigenvalue weighted by Crippen LogP contribution is 2.25. The zero-order valence-corrected chi connectivity index (χ0v) is 24.8. The number of hydrogen-bond donors (Lipinski definition) is 0. The summed E-state index contributed by atoms with van der Waals surface area (Å²) in [5.74, 6) is 1.11. The summed E-state index contributed by atoms with van der Waals surface area (Å²) in [5.41, 5.74) is 4.06. The summed E-state index contributed by atoms with van der Waals surface area (Å²) >= 11 is 0. The third-order valence-electron chi connectivity index (χ3n) is 7.37. The fraction of sp³-hybridized carbons (Fsp3) is 0.257. The van der Waals surface area contributed by atoms with Gasteiger partial charge < -0.3 is 14.4 Å². The SMILES string of the molecule is CCOCCN(C(=O)Cc1ccc(-c2ccncc2)cc1)C(C)c1nc2ccccc2c(=O)n1-c1ccc(OCC)cc1. The number of aromatic nitrogens is 3. The molecule has 220 valence electrons. The van der Waals surface area contributed by atoms with Crippen LogP contribution in [0.25, 0.3) is 27.7 Å². The van der Waals surface area contributed by atoms with Crippen molar-refractivity contribution < 1.29 is 14.3 Å². The van der Waals surface area contributed by atoms with Crippen molar-refractivity contribution in [1.82, 2.24) is 19.4 Å². The molecule has 0 saturated heterocycles. The predicted octanol–water partition coefficient (Wildman–Crippen LogP) is 6.02. The number of hydrogen-bond acceptors (Lipinski definition) is 6. The molecule has 8 nitrogen and oxygen atoms in total. The van der Waals surface area contributed by atoms with Gasteiger partial charge in [-0.15, -0.1) is 0 Å². The molecule has 1 atom stereocenters. The van der Waals surface area contributed by atoms with Gasteiger partial charge in [-0.2, -0.15) is 0 Å². The fourth-order valence-corrected chi connectivity index (χ4v) is 5.15. The number of amides is 1. The number of carbonyl (C=O) groups is 1. The molecule has 3 aromatic carbocycles. The number of benzene rings is 3. The molecule has 2 heterocycles. The predicted molar refractivity (Wildman–Crippen MR) is 169 cm³/mol. The van der Waals surface area contributed by atoms with Crippen LogP contribution in [0.3, 0.4) is 0 Å². The van der Waals surface area contributed by atoms with E-state index in [1.807, 2.05) is 99.6 Å². The van der Waals surface area contributed by atoms with Crippen molar-refractivity contribution in [2.45, 2.75) is 33.2 Å². The second kappa shape index (κ2) is 13.9. The van der Waals surface area contributed by atoms with Crippen molar-refractivity contribution in [1.29, 1.82) is 0 Å². The van der Waals surface area contributed by atoms with Gasteiger partial charge in [-0.05, 0) is 86.0 Å². The normalized spacial score (nSPS) is 11.8. The zero-order chi connectivity index (χ0) is 30.2. The number of fused-ring (bicyclic) bond motifs is 1. The summed E-state index contributed by atoms with van der Waals surface area (Å²) in [6.07, 6.45) is 3.73.